The highest BCUT2D eigenvalue weighted by molar-refractivity contribution is 7.89. The molecule has 0 atom stereocenters. The minimum absolute atomic E-state index is 0.218. The third kappa shape index (κ3) is 4.41. The van der Waals surface area contributed by atoms with Crippen molar-refractivity contribution in [3.63, 3.8) is 0 Å². The van der Waals surface area contributed by atoms with Crippen LogP contribution in [0.2, 0.25) is 5.02 Å². The number of ether oxygens (including phenoxy) is 1. The van der Waals surface area contributed by atoms with Gasteiger partial charge in [-0.1, -0.05) is 17.7 Å². The van der Waals surface area contributed by atoms with E-state index in [0.29, 0.717) is 31.0 Å². The van der Waals surface area contributed by atoms with Gasteiger partial charge in [-0.2, -0.15) is 4.31 Å². The lowest BCUT2D eigenvalue weighted by Crippen LogP contribution is -2.40. The summed E-state index contributed by atoms with van der Waals surface area (Å²) >= 11 is 7.35. The van der Waals surface area contributed by atoms with Gasteiger partial charge in [-0.15, -0.1) is 11.3 Å². The highest BCUT2D eigenvalue weighted by atomic mass is 35.5. The number of nitrogens with zero attached hydrogens (tertiary/aromatic N) is 1. The first-order valence-corrected chi connectivity index (χ1v) is 10.6. The van der Waals surface area contributed by atoms with Crippen LogP contribution in [0.15, 0.2) is 46.7 Å². The Bertz CT molecular complexity index is 811. The Balaban J connectivity index is 1.55. The van der Waals surface area contributed by atoms with Gasteiger partial charge in [-0.3, -0.25) is 4.79 Å². The molecular weight excluding hydrogens is 382 g/mol. The van der Waals surface area contributed by atoms with Crippen LogP contribution in [0.3, 0.4) is 0 Å². The predicted octanol–water partition coefficient (Wildman–Crippen LogP) is 3.55. The molecule has 2 aromatic rings. The molecule has 1 aromatic carbocycles. The molecule has 0 bridgehead atoms. The van der Waals surface area contributed by atoms with Crippen LogP contribution < -0.4 is 0 Å². The number of hydrogen-bond acceptors (Lipinski definition) is 5. The van der Waals surface area contributed by atoms with Gasteiger partial charge in [0.15, 0.2) is 0 Å². The van der Waals surface area contributed by atoms with Crippen molar-refractivity contribution in [2.24, 2.45) is 5.92 Å². The fraction of sp³-hybridized carbons (Fsp3) is 0.353. The molecule has 0 saturated carbocycles. The summed E-state index contributed by atoms with van der Waals surface area (Å²) in [4.78, 5) is 13.4. The first kappa shape index (κ1) is 18.4. The van der Waals surface area contributed by atoms with E-state index in [-0.39, 0.29) is 23.4 Å². The molecule has 8 heteroatoms. The van der Waals surface area contributed by atoms with Crippen molar-refractivity contribution < 1.29 is 17.9 Å². The Morgan fingerprint density at radius 3 is 2.48 bits per heavy atom. The number of carbonyl (C=O) groups is 1. The van der Waals surface area contributed by atoms with Crippen LogP contribution in [-0.4, -0.2) is 31.8 Å². The molecule has 1 aliphatic rings. The lowest BCUT2D eigenvalue weighted by atomic mass is 9.98. The number of halogens is 1. The van der Waals surface area contributed by atoms with Gasteiger partial charge in [-0.25, -0.2) is 8.42 Å². The van der Waals surface area contributed by atoms with Crippen molar-refractivity contribution in [2.75, 3.05) is 13.1 Å². The van der Waals surface area contributed by atoms with Crippen molar-refractivity contribution >= 4 is 38.9 Å². The number of rotatable bonds is 5. The summed E-state index contributed by atoms with van der Waals surface area (Å²) in [5.74, 6) is -0.506. The van der Waals surface area contributed by atoms with Crippen molar-refractivity contribution in [1.82, 2.24) is 4.31 Å². The molecule has 1 aliphatic heterocycles. The SMILES string of the molecule is O=C(OCc1cccs1)C1CCN(S(=O)(=O)c2ccc(Cl)cc2)CC1. The van der Waals surface area contributed by atoms with Gasteiger partial charge < -0.3 is 4.74 Å². The van der Waals surface area contributed by atoms with Crippen LogP contribution in [0.1, 0.15) is 17.7 Å². The Labute approximate surface area is 156 Å². The summed E-state index contributed by atoms with van der Waals surface area (Å²) in [6.45, 7) is 0.896. The fourth-order valence-corrected chi connectivity index (χ4v) is 4.95. The van der Waals surface area contributed by atoms with Gasteiger partial charge >= 0.3 is 5.97 Å². The third-order valence-electron chi connectivity index (χ3n) is 4.18. The smallest absolute Gasteiger partial charge is 0.309 e. The fourth-order valence-electron chi connectivity index (χ4n) is 2.74. The molecule has 1 saturated heterocycles. The highest BCUT2D eigenvalue weighted by Gasteiger charge is 2.32. The monoisotopic (exact) mass is 399 g/mol. The number of sulfonamides is 1. The molecule has 0 spiro atoms. The van der Waals surface area contributed by atoms with E-state index in [2.05, 4.69) is 0 Å². The van der Waals surface area contributed by atoms with Gasteiger partial charge in [0, 0.05) is 23.0 Å². The van der Waals surface area contributed by atoms with Gasteiger partial charge in [0.25, 0.3) is 0 Å². The number of thiophene rings is 1. The van der Waals surface area contributed by atoms with Crippen molar-refractivity contribution in [1.29, 1.82) is 0 Å². The molecule has 25 heavy (non-hydrogen) atoms. The maximum atomic E-state index is 12.6. The minimum Gasteiger partial charge on any atom is -0.460 e. The van der Waals surface area contributed by atoms with Gasteiger partial charge in [0.2, 0.25) is 10.0 Å². The molecule has 134 valence electrons. The van der Waals surface area contributed by atoms with E-state index in [1.54, 1.807) is 12.1 Å². The van der Waals surface area contributed by atoms with Crippen LogP contribution in [0.25, 0.3) is 0 Å². The van der Waals surface area contributed by atoms with Crippen LogP contribution in [0.5, 0.6) is 0 Å². The van der Waals surface area contributed by atoms with Gasteiger partial charge in [0.1, 0.15) is 6.61 Å². The molecule has 0 unspecified atom stereocenters. The maximum absolute atomic E-state index is 12.6. The quantitative estimate of drug-likeness (QED) is 0.721. The zero-order chi connectivity index (χ0) is 17.9. The molecule has 1 aromatic heterocycles. The lowest BCUT2D eigenvalue weighted by Gasteiger charge is -2.30. The van der Waals surface area contributed by atoms with E-state index in [1.165, 1.54) is 27.8 Å². The summed E-state index contributed by atoms with van der Waals surface area (Å²) in [5.41, 5.74) is 0. The number of piperidine rings is 1. The average molecular weight is 400 g/mol. The number of hydrogen-bond donors (Lipinski definition) is 0. The second-order valence-electron chi connectivity index (χ2n) is 5.82. The molecule has 0 radical (unpaired) electrons. The molecule has 0 N–H and O–H groups in total. The summed E-state index contributed by atoms with van der Waals surface area (Å²) < 4.78 is 32.0. The predicted molar refractivity (Wildman–Crippen MR) is 97.0 cm³/mol. The molecule has 0 aliphatic carbocycles. The van der Waals surface area contributed by atoms with E-state index >= 15 is 0 Å². The number of benzene rings is 1. The number of esters is 1. The van der Waals surface area contributed by atoms with Crippen molar-refractivity contribution in [2.45, 2.75) is 24.3 Å². The summed E-state index contributed by atoms with van der Waals surface area (Å²) in [6.07, 6.45) is 0.937. The van der Waals surface area contributed by atoms with E-state index in [0.717, 1.165) is 4.88 Å². The highest BCUT2D eigenvalue weighted by Crippen LogP contribution is 2.25. The van der Waals surface area contributed by atoms with Crippen LogP contribution >= 0.6 is 22.9 Å². The second-order valence-corrected chi connectivity index (χ2v) is 9.23. The Kier molecular flexibility index (Phi) is 5.78. The molecule has 1 fully saturated rings. The van der Waals surface area contributed by atoms with Crippen LogP contribution in [0, 0.1) is 5.92 Å². The zero-order valence-corrected chi connectivity index (χ0v) is 15.8. The van der Waals surface area contributed by atoms with E-state index in [1.807, 2.05) is 17.5 Å². The molecular formula is C17H18ClNO4S2. The normalized spacial score (nSPS) is 16.7. The second kappa shape index (κ2) is 7.86. The van der Waals surface area contributed by atoms with E-state index in [9.17, 15) is 13.2 Å². The van der Waals surface area contributed by atoms with E-state index in [4.69, 9.17) is 16.3 Å². The zero-order valence-electron chi connectivity index (χ0n) is 13.4. The summed E-state index contributed by atoms with van der Waals surface area (Å²) in [5, 5.41) is 2.43. The summed E-state index contributed by atoms with van der Waals surface area (Å²) in [6, 6.07) is 9.94. The van der Waals surface area contributed by atoms with Crippen molar-refractivity contribution in [3.8, 4) is 0 Å². The van der Waals surface area contributed by atoms with Crippen LogP contribution in [-0.2, 0) is 26.2 Å². The largest absolute Gasteiger partial charge is 0.460 e. The third-order valence-corrected chi connectivity index (χ3v) is 7.19. The summed E-state index contributed by atoms with van der Waals surface area (Å²) in [7, 11) is -3.55. The minimum atomic E-state index is -3.55. The maximum Gasteiger partial charge on any atom is 0.309 e. The first-order valence-electron chi connectivity index (χ1n) is 7.91. The Morgan fingerprint density at radius 2 is 1.88 bits per heavy atom. The molecule has 0 amide bonds. The Morgan fingerprint density at radius 1 is 1.20 bits per heavy atom. The molecule has 5 nitrogen and oxygen atoms in total. The van der Waals surface area contributed by atoms with Crippen LogP contribution in [0.4, 0.5) is 0 Å². The van der Waals surface area contributed by atoms with Gasteiger partial charge in [-0.05, 0) is 48.6 Å². The van der Waals surface area contributed by atoms with E-state index < -0.39 is 10.0 Å². The molecule has 2 heterocycles. The van der Waals surface area contributed by atoms with Gasteiger partial charge in [0.05, 0.1) is 10.8 Å². The lowest BCUT2D eigenvalue weighted by molar-refractivity contribution is -0.151. The number of carbonyl (C=O) groups excluding carboxylic acids is 1. The topological polar surface area (TPSA) is 63.7 Å². The first-order chi connectivity index (χ1) is 12.0. The molecule has 3 rings (SSSR count). The average Bonchev–Trinajstić information content (AvgIpc) is 3.14. The van der Waals surface area contributed by atoms with Crippen molar-refractivity contribution in [3.05, 3.63) is 51.7 Å². The Hall–Kier alpha value is -1.41. The standard InChI is InChI=1S/C17H18ClNO4S2/c18-14-3-5-16(6-4-14)25(21,22)19-9-7-13(8-10-19)17(20)23-12-15-2-1-11-24-15/h1-6,11,13H,7-10,12H2.